The summed E-state index contributed by atoms with van der Waals surface area (Å²) in [4.78, 5) is 42.7. The van der Waals surface area contributed by atoms with Gasteiger partial charge in [0.25, 0.3) is 0 Å². The van der Waals surface area contributed by atoms with E-state index in [9.17, 15) is 31.1 Å². The van der Waals surface area contributed by atoms with Gasteiger partial charge in [-0.2, -0.15) is 26.3 Å². The fraction of sp³-hybridized carbons (Fsp3) is 0.750. The van der Waals surface area contributed by atoms with E-state index in [1.807, 2.05) is 11.8 Å². The van der Waals surface area contributed by atoms with E-state index in [1.165, 1.54) is 19.4 Å². The number of halogens is 6. The van der Waals surface area contributed by atoms with Crippen LogP contribution in [0.2, 0.25) is 0 Å². The van der Waals surface area contributed by atoms with Crippen molar-refractivity contribution in [3.05, 3.63) is 16.1 Å². The van der Waals surface area contributed by atoms with Gasteiger partial charge in [0.1, 0.15) is 5.54 Å². The smallest absolute Gasteiger partial charge is 0.475 e. The molecule has 1 spiro atoms. The van der Waals surface area contributed by atoms with Crippen molar-refractivity contribution >= 4 is 29.2 Å². The summed E-state index contributed by atoms with van der Waals surface area (Å²) in [5, 5.41) is 17.4. The number of nitrogens with zero attached hydrogens (tertiary/aromatic N) is 4. The standard InChI is InChI=1S/C20H32N4O2S.2C2HF3O2/c1-16-21-18(15-27-16)14-24-10-9-22(2)20(19(24)25)5-7-23(8-6-20)13-17-3-11-26-12-4-17;2*3-2(4,5)1(6)7/h15,17H,3-14H2,1-2H3;2*(H,6,7). The van der Waals surface area contributed by atoms with Crippen molar-refractivity contribution in [1.29, 1.82) is 0 Å². The second-order valence-corrected chi connectivity index (χ2v) is 11.1. The Bertz CT molecular complexity index is 999. The maximum absolute atomic E-state index is 13.4. The molecule has 0 saturated carbocycles. The molecule has 0 aromatic carbocycles. The van der Waals surface area contributed by atoms with Gasteiger partial charge in [-0.25, -0.2) is 14.6 Å². The molecule has 3 fully saturated rings. The number of carbonyl (C=O) groups excluding carboxylic acids is 1. The lowest BCUT2D eigenvalue weighted by Crippen LogP contribution is -2.67. The number of carboxylic acid groups (broad SMARTS) is 2. The van der Waals surface area contributed by atoms with Crippen LogP contribution in [-0.4, -0.2) is 119 Å². The highest BCUT2D eigenvalue weighted by atomic mass is 32.1. The Morgan fingerprint density at radius 1 is 1.02 bits per heavy atom. The number of hydrogen-bond donors (Lipinski definition) is 2. The zero-order chi connectivity index (χ0) is 31.0. The number of aliphatic carboxylic acids is 2. The van der Waals surface area contributed by atoms with E-state index in [-0.39, 0.29) is 5.54 Å². The molecular weight excluding hydrogens is 586 g/mol. The second-order valence-electron chi connectivity index (χ2n) is 10.00. The van der Waals surface area contributed by atoms with Gasteiger partial charge in [0, 0.05) is 51.3 Å². The third kappa shape index (κ3) is 10.4. The number of piperazine rings is 1. The van der Waals surface area contributed by atoms with Gasteiger partial charge in [-0.05, 0) is 45.6 Å². The highest BCUT2D eigenvalue weighted by molar-refractivity contribution is 7.09. The van der Waals surface area contributed by atoms with Crippen LogP contribution in [0.25, 0.3) is 0 Å². The molecular formula is C24H34F6N4O6S. The van der Waals surface area contributed by atoms with E-state index in [1.54, 1.807) is 11.3 Å². The number of amides is 1. The lowest BCUT2D eigenvalue weighted by Gasteiger charge is -2.52. The van der Waals surface area contributed by atoms with E-state index in [0.717, 1.165) is 68.9 Å². The Morgan fingerprint density at radius 2 is 1.54 bits per heavy atom. The topological polar surface area (TPSA) is 124 Å². The highest BCUT2D eigenvalue weighted by Crippen LogP contribution is 2.34. The maximum atomic E-state index is 13.4. The van der Waals surface area contributed by atoms with Crippen molar-refractivity contribution < 1.29 is 55.7 Å². The van der Waals surface area contributed by atoms with E-state index in [4.69, 9.17) is 24.5 Å². The van der Waals surface area contributed by atoms with Gasteiger partial charge in [0.05, 0.1) is 17.2 Å². The third-order valence-corrected chi connectivity index (χ3v) is 7.99. The van der Waals surface area contributed by atoms with Crippen LogP contribution >= 0.6 is 11.3 Å². The quantitative estimate of drug-likeness (QED) is 0.489. The minimum Gasteiger partial charge on any atom is -0.475 e. The summed E-state index contributed by atoms with van der Waals surface area (Å²) in [6, 6.07) is 0. The molecule has 0 unspecified atom stereocenters. The molecule has 10 nitrogen and oxygen atoms in total. The largest absolute Gasteiger partial charge is 0.490 e. The van der Waals surface area contributed by atoms with Gasteiger partial charge in [-0.1, -0.05) is 0 Å². The van der Waals surface area contributed by atoms with Crippen LogP contribution in [0.3, 0.4) is 0 Å². The molecule has 3 aliphatic rings. The summed E-state index contributed by atoms with van der Waals surface area (Å²) >= 11 is 1.66. The number of carboxylic acids is 2. The molecule has 1 amide bonds. The number of thiazole rings is 1. The predicted molar refractivity (Wildman–Crippen MR) is 134 cm³/mol. The van der Waals surface area contributed by atoms with E-state index in [2.05, 4.69) is 27.2 Å². The van der Waals surface area contributed by atoms with Gasteiger partial charge in [-0.3, -0.25) is 9.69 Å². The van der Waals surface area contributed by atoms with Crippen LogP contribution in [0, 0.1) is 12.8 Å². The number of rotatable bonds is 4. The monoisotopic (exact) mass is 620 g/mol. The van der Waals surface area contributed by atoms with Crippen molar-refractivity contribution in [3.8, 4) is 0 Å². The summed E-state index contributed by atoms with van der Waals surface area (Å²) in [5.41, 5.74) is 0.720. The fourth-order valence-electron chi connectivity index (χ4n) is 4.87. The molecule has 3 aliphatic heterocycles. The lowest BCUT2D eigenvalue weighted by molar-refractivity contribution is -0.193. The summed E-state index contributed by atoms with van der Waals surface area (Å²) in [7, 11) is 2.14. The summed E-state index contributed by atoms with van der Waals surface area (Å²) in [6.45, 7) is 9.48. The van der Waals surface area contributed by atoms with Crippen LogP contribution in [-0.2, 0) is 25.7 Å². The minimum absolute atomic E-state index is 0.310. The summed E-state index contributed by atoms with van der Waals surface area (Å²) < 4.78 is 69.0. The van der Waals surface area contributed by atoms with Crippen molar-refractivity contribution in [2.75, 3.05) is 53.0 Å². The molecule has 2 N–H and O–H groups in total. The zero-order valence-electron chi connectivity index (χ0n) is 22.6. The molecule has 3 saturated heterocycles. The lowest BCUT2D eigenvalue weighted by atomic mass is 9.82. The first kappa shape index (κ1) is 34.7. The average molecular weight is 621 g/mol. The molecule has 17 heteroatoms. The van der Waals surface area contributed by atoms with Crippen molar-refractivity contribution in [3.63, 3.8) is 0 Å². The molecule has 41 heavy (non-hydrogen) atoms. The number of aryl methyl sites for hydroxylation is 1. The van der Waals surface area contributed by atoms with E-state index < -0.39 is 24.3 Å². The van der Waals surface area contributed by atoms with Gasteiger partial charge in [-0.15, -0.1) is 11.3 Å². The molecule has 4 rings (SSSR count). The molecule has 0 atom stereocenters. The van der Waals surface area contributed by atoms with Crippen LogP contribution < -0.4 is 0 Å². The first-order valence-corrected chi connectivity index (χ1v) is 13.7. The van der Waals surface area contributed by atoms with Crippen LogP contribution in [0.1, 0.15) is 36.4 Å². The van der Waals surface area contributed by atoms with Crippen LogP contribution in [0.15, 0.2) is 5.38 Å². The molecule has 1 aromatic heterocycles. The van der Waals surface area contributed by atoms with Crippen molar-refractivity contribution in [2.24, 2.45) is 5.92 Å². The molecule has 0 aliphatic carbocycles. The fourth-order valence-corrected chi connectivity index (χ4v) is 5.47. The van der Waals surface area contributed by atoms with Crippen molar-refractivity contribution in [2.45, 2.75) is 57.0 Å². The number of aromatic nitrogens is 1. The maximum Gasteiger partial charge on any atom is 0.490 e. The highest BCUT2D eigenvalue weighted by Gasteiger charge is 2.49. The Labute approximate surface area is 236 Å². The first-order chi connectivity index (χ1) is 19.0. The van der Waals surface area contributed by atoms with Crippen LogP contribution in [0.5, 0.6) is 0 Å². The Kier molecular flexibility index (Phi) is 12.4. The number of hydrogen-bond acceptors (Lipinski definition) is 8. The van der Waals surface area contributed by atoms with Crippen molar-refractivity contribution in [1.82, 2.24) is 19.7 Å². The zero-order valence-corrected chi connectivity index (χ0v) is 23.4. The van der Waals surface area contributed by atoms with Gasteiger partial charge >= 0.3 is 24.3 Å². The van der Waals surface area contributed by atoms with E-state index in [0.29, 0.717) is 12.5 Å². The summed E-state index contributed by atoms with van der Waals surface area (Å²) in [6.07, 6.45) is -5.92. The average Bonchev–Trinajstić information content (AvgIpc) is 3.30. The Balaban J connectivity index is 0.000000349. The number of likely N-dealkylation sites (tertiary alicyclic amines) is 1. The number of likely N-dealkylation sites (N-methyl/N-ethyl adjacent to an activating group) is 1. The summed E-state index contributed by atoms with van der Waals surface area (Å²) in [5.74, 6) is -4.44. The molecule has 0 bridgehead atoms. The number of piperidine rings is 1. The van der Waals surface area contributed by atoms with E-state index >= 15 is 0 Å². The third-order valence-electron chi connectivity index (χ3n) is 7.17. The first-order valence-electron chi connectivity index (χ1n) is 12.8. The molecule has 1 aromatic rings. The Hall–Kier alpha value is -2.50. The minimum atomic E-state index is -5.08. The number of ether oxygens (including phenoxy) is 1. The predicted octanol–water partition coefficient (Wildman–Crippen LogP) is 3.25. The number of alkyl halides is 6. The SMILES string of the molecule is Cc1nc(CN2CCN(C)C3(CCN(CC4CCOCC4)CC3)C2=O)cs1.O=C(O)C(F)(F)F.O=C(O)C(F)(F)F. The Morgan fingerprint density at radius 3 is 1.98 bits per heavy atom. The molecule has 0 radical (unpaired) electrons. The normalized spacial score (nSPS) is 20.6. The van der Waals surface area contributed by atoms with Crippen LogP contribution in [0.4, 0.5) is 26.3 Å². The number of carbonyl (C=O) groups is 3. The van der Waals surface area contributed by atoms with Gasteiger partial charge < -0.3 is 24.7 Å². The molecule has 4 heterocycles. The van der Waals surface area contributed by atoms with Gasteiger partial charge in [0.2, 0.25) is 5.91 Å². The second kappa shape index (κ2) is 14.6. The van der Waals surface area contributed by atoms with Gasteiger partial charge in [0.15, 0.2) is 0 Å². The molecule has 234 valence electrons.